The Hall–Kier alpha value is -0.160. The number of hydrogen-bond donors (Lipinski definition) is 2. The molecule has 0 saturated carbocycles. The molecule has 1 saturated heterocycles. The Morgan fingerprint density at radius 1 is 1.53 bits per heavy atom. The molecule has 2 N–H and O–H groups in total. The van der Waals surface area contributed by atoms with Crippen molar-refractivity contribution in [3.63, 3.8) is 0 Å². The summed E-state index contributed by atoms with van der Waals surface area (Å²) in [6, 6.07) is 0. The van der Waals surface area contributed by atoms with Gasteiger partial charge in [-0.1, -0.05) is 6.92 Å². The fourth-order valence-corrected chi connectivity index (χ4v) is 2.23. The fraction of sp³-hybridized carbons (Fsp3) is 1.00. The highest BCUT2D eigenvalue weighted by atomic mass is 16.5. The van der Waals surface area contributed by atoms with E-state index in [9.17, 15) is 5.11 Å². The minimum absolute atomic E-state index is 0.125. The summed E-state index contributed by atoms with van der Waals surface area (Å²) in [6.07, 6.45) is 4.02. The van der Waals surface area contributed by atoms with E-state index in [1.807, 2.05) is 7.05 Å². The van der Waals surface area contributed by atoms with Gasteiger partial charge in [-0.05, 0) is 32.7 Å². The molecule has 17 heavy (non-hydrogen) atoms. The van der Waals surface area contributed by atoms with Gasteiger partial charge in [0.25, 0.3) is 0 Å². The van der Waals surface area contributed by atoms with Gasteiger partial charge in [-0.15, -0.1) is 0 Å². The third-order valence-corrected chi connectivity index (χ3v) is 3.83. The molecule has 1 aliphatic rings. The molecule has 4 heteroatoms. The van der Waals surface area contributed by atoms with Gasteiger partial charge in [-0.3, -0.25) is 0 Å². The second-order valence-electron chi connectivity index (χ2n) is 4.95. The van der Waals surface area contributed by atoms with Gasteiger partial charge in [0.05, 0.1) is 19.8 Å². The molecule has 0 aromatic carbocycles. The molecule has 1 heterocycles. The monoisotopic (exact) mass is 245 g/mol. The van der Waals surface area contributed by atoms with E-state index in [0.717, 1.165) is 52.1 Å². The highest BCUT2D eigenvalue weighted by Crippen LogP contribution is 2.17. The Bertz CT molecular complexity index is 181. The van der Waals surface area contributed by atoms with Crippen molar-refractivity contribution in [2.45, 2.75) is 38.1 Å². The average molecular weight is 245 g/mol. The summed E-state index contributed by atoms with van der Waals surface area (Å²) in [6.45, 7) is 5.63. The first kappa shape index (κ1) is 14.9. The molecule has 1 rings (SSSR count). The number of ether oxygens (including phenoxy) is 2. The molecule has 0 aromatic heterocycles. The molecule has 2 unspecified atom stereocenters. The number of aliphatic hydroxyl groups excluding tert-OH is 1. The fourth-order valence-electron chi connectivity index (χ4n) is 2.23. The Kier molecular flexibility index (Phi) is 7.04. The molecule has 0 aliphatic carbocycles. The molecule has 0 spiro atoms. The maximum atomic E-state index is 9.39. The van der Waals surface area contributed by atoms with Crippen LogP contribution in [0.4, 0.5) is 0 Å². The van der Waals surface area contributed by atoms with Crippen molar-refractivity contribution in [1.29, 1.82) is 0 Å². The van der Waals surface area contributed by atoms with Crippen molar-refractivity contribution >= 4 is 0 Å². The van der Waals surface area contributed by atoms with Crippen molar-refractivity contribution in [2.24, 2.45) is 5.92 Å². The SMILES string of the molecule is CCC(CO)(CCCOCC1CCOC1)NC. The highest BCUT2D eigenvalue weighted by molar-refractivity contribution is 4.84. The van der Waals surface area contributed by atoms with E-state index in [0.29, 0.717) is 5.92 Å². The summed E-state index contributed by atoms with van der Waals surface area (Å²) in [5.41, 5.74) is -0.125. The Morgan fingerprint density at radius 3 is 2.88 bits per heavy atom. The summed E-state index contributed by atoms with van der Waals surface area (Å²) in [7, 11) is 1.91. The van der Waals surface area contributed by atoms with Crippen LogP contribution in [0.15, 0.2) is 0 Å². The molecule has 0 aromatic rings. The van der Waals surface area contributed by atoms with Gasteiger partial charge < -0.3 is 19.9 Å². The number of aliphatic hydroxyl groups is 1. The number of nitrogens with one attached hydrogen (secondary N) is 1. The topological polar surface area (TPSA) is 50.7 Å². The van der Waals surface area contributed by atoms with E-state index in [1.165, 1.54) is 0 Å². The minimum atomic E-state index is -0.125. The van der Waals surface area contributed by atoms with Crippen molar-refractivity contribution in [1.82, 2.24) is 5.32 Å². The van der Waals surface area contributed by atoms with Gasteiger partial charge in [0.15, 0.2) is 0 Å². The molecule has 0 radical (unpaired) electrons. The maximum Gasteiger partial charge on any atom is 0.0613 e. The smallest absolute Gasteiger partial charge is 0.0613 e. The van der Waals surface area contributed by atoms with Crippen LogP contribution in [0.3, 0.4) is 0 Å². The van der Waals surface area contributed by atoms with Crippen LogP contribution in [0.2, 0.25) is 0 Å². The van der Waals surface area contributed by atoms with Crippen molar-refractivity contribution in [3.8, 4) is 0 Å². The van der Waals surface area contributed by atoms with Crippen LogP contribution in [-0.4, -0.2) is 50.7 Å². The molecule has 1 fully saturated rings. The second kappa shape index (κ2) is 8.03. The van der Waals surface area contributed by atoms with Crippen molar-refractivity contribution < 1.29 is 14.6 Å². The van der Waals surface area contributed by atoms with Crippen LogP contribution in [0.25, 0.3) is 0 Å². The second-order valence-corrected chi connectivity index (χ2v) is 4.95. The Labute approximate surface area is 105 Å². The third-order valence-electron chi connectivity index (χ3n) is 3.83. The van der Waals surface area contributed by atoms with Gasteiger partial charge in [0.2, 0.25) is 0 Å². The van der Waals surface area contributed by atoms with Crippen LogP contribution in [0.5, 0.6) is 0 Å². The van der Waals surface area contributed by atoms with Crippen molar-refractivity contribution in [3.05, 3.63) is 0 Å². The largest absolute Gasteiger partial charge is 0.394 e. The first-order valence-corrected chi connectivity index (χ1v) is 6.71. The van der Waals surface area contributed by atoms with Crippen LogP contribution < -0.4 is 5.32 Å². The predicted molar refractivity (Wildman–Crippen MR) is 68.1 cm³/mol. The molecule has 1 aliphatic heterocycles. The lowest BCUT2D eigenvalue weighted by atomic mass is 9.92. The quantitative estimate of drug-likeness (QED) is 0.599. The first-order valence-electron chi connectivity index (χ1n) is 6.71. The van der Waals surface area contributed by atoms with Gasteiger partial charge in [-0.25, -0.2) is 0 Å². The van der Waals surface area contributed by atoms with Gasteiger partial charge in [-0.2, -0.15) is 0 Å². The minimum Gasteiger partial charge on any atom is -0.394 e. The maximum absolute atomic E-state index is 9.39. The van der Waals surface area contributed by atoms with Crippen LogP contribution in [0, 0.1) is 5.92 Å². The van der Waals surface area contributed by atoms with E-state index in [-0.39, 0.29) is 12.1 Å². The van der Waals surface area contributed by atoms with E-state index in [2.05, 4.69) is 12.2 Å². The Balaban J connectivity index is 2.05. The van der Waals surface area contributed by atoms with E-state index in [4.69, 9.17) is 9.47 Å². The standard InChI is InChI=1S/C13H27NO3/c1-3-13(11-15,14-2)6-4-7-16-9-12-5-8-17-10-12/h12,14-15H,3-11H2,1-2H3. The molecule has 102 valence electrons. The number of rotatable bonds is 9. The van der Waals surface area contributed by atoms with E-state index >= 15 is 0 Å². The molecular weight excluding hydrogens is 218 g/mol. The lowest BCUT2D eigenvalue weighted by Crippen LogP contribution is -2.46. The zero-order valence-corrected chi connectivity index (χ0v) is 11.2. The lowest BCUT2D eigenvalue weighted by molar-refractivity contribution is 0.0767. The van der Waals surface area contributed by atoms with Gasteiger partial charge in [0.1, 0.15) is 0 Å². The third kappa shape index (κ3) is 4.92. The molecule has 0 bridgehead atoms. The first-order chi connectivity index (χ1) is 8.26. The number of hydrogen-bond acceptors (Lipinski definition) is 4. The lowest BCUT2D eigenvalue weighted by Gasteiger charge is -2.30. The zero-order valence-electron chi connectivity index (χ0n) is 11.2. The van der Waals surface area contributed by atoms with E-state index in [1.54, 1.807) is 0 Å². The summed E-state index contributed by atoms with van der Waals surface area (Å²) in [4.78, 5) is 0. The van der Waals surface area contributed by atoms with Crippen LogP contribution in [-0.2, 0) is 9.47 Å². The van der Waals surface area contributed by atoms with Gasteiger partial charge >= 0.3 is 0 Å². The zero-order chi connectivity index (χ0) is 12.6. The van der Waals surface area contributed by atoms with Gasteiger partial charge in [0, 0.05) is 24.7 Å². The molecule has 2 atom stereocenters. The summed E-state index contributed by atoms with van der Waals surface area (Å²) < 4.78 is 11.0. The molecular formula is C13H27NO3. The highest BCUT2D eigenvalue weighted by Gasteiger charge is 2.24. The van der Waals surface area contributed by atoms with Crippen molar-refractivity contribution in [2.75, 3.05) is 40.1 Å². The molecule has 4 nitrogen and oxygen atoms in total. The Morgan fingerprint density at radius 2 is 2.35 bits per heavy atom. The molecule has 0 amide bonds. The summed E-state index contributed by atoms with van der Waals surface area (Å²) >= 11 is 0. The summed E-state index contributed by atoms with van der Waals surface area (Å²) in [5.74, 6) is 0.591. The average Bonchev–Trinajstić information content (AvgIpc) is 2.88. The number of likely N-dealkylation sites (N-methyl/N-ethyl adjacent to an activating group) is 1. The van der Waals surface area contributed by atoms with E-state index < -0.39 is 0 Å². The van der Waals surface area contributed by atoms with Crippen LogP contribution >= 0.6 is 0 Å². The predicted octanol–water partition coefficient (Wildman–Crippen LogP) is 1.18. The van der Waals surface area contributed by atoms with Crippen LogP contribution in [0.1, 0.15) is 32.6 Å². The summed E-state index contributed by atoms with van der Waals surface area (Å²) in [5, 5.41) is 12.6. The normalized spacial score (nSPS) is 23.8.